The Morgan fingerprint density at radius 3 is 2.95 bits per heavy atom. The van der Waals surface area contributed by atoms with Gasteiger partial charge in [-0.1, -0.05) is 18.2 Å². The number of aryl methyl sites for hydroxylation is 1. The van der Waals surface area contributed by atoms with Crippen molar-refractivity contribution in [1.29, 1.82) is 0 Å². The Bertz CT molecular complexity index is 641. The van der Waals surface area contributed by atoms with Crippen LogP contribution in [0.4, 0.5) is 5.69 Å². The topological polar surface area (TPSA) is 41.1 Å². The summed E-state index contributed by atoms with van der Waals surface area (Å²) in [6.45, 7) is 0.821. The van der Waals surface area contributed by atoms with Crippen LogP contribution in [0, 0.1) is 0 Å². The molecule has 3 rings (SSSR count). The average Bonchev–Trinajstić information content (AvgIpc) is 2.81. The fourth-order valence-corrected chi connectivity index (χ4v) is 4.04. The first-order valence-electron chi connectivity index (χ1n) is 7.09. The molecule has 0 aliphatic carbocycles. The lowest BCUT2D eigenvalue weighted by Gasteiger charge is -2.14. The maximum absolute atomic E-state index is 12.2. The molecule has 1 unspecified atom stereocenters. The number of carbonyl (C=O) groups is 1. The molecule has 0 bridgehead atoms. The molecule has 1 aliphatic heterocycles. The summed E-state index contributed by atoms with van der Waals surface area (Å²) in [6, 6.07) is 12.1. The van der Waals surface area contributed by atoms with E-state index in [1.165, 1.54) is 10.4 Å². The Labute approximate surface area is 136 Å². The smallest absolute Gasteiger partial charge is 0.241 e. The number of hydrogen-bond donors (Lipinski definition) is 2. The van der Waals surface area contributed by atoms with Crippen molar-refractivity contribution >= 4 is 38.9 Å². The van der Waals surface area contributed by atoms with Gasteiger partial charge in [-0.25, -0.2) is 0 Å². The molecule has 2 heterocycles. The number of thiophene rings is 1. The van der Waals surface area contributed by atoms with Gasteiger partial charge in [0.15, 0.2) is 0 Å². The Morgan fingerprint density at radius 2 is 2.14 bits per heavy atom. The molecule has 110 valence electrons. The Hall–Kier alpha value is -1.17. The predicted molar refractivity (Wildman–Crippen MR) is 90.9 cm³/mol. The van der Waals surface area contributed by atoms with Crippen molar-refractivity contribution in [3.63, 3.8) is 0 Å². The number of rotatable bonds is 4. The zero-order valence-corrected chi connectivity index (χ0v) is 14.0. The maximum Gasteiger partial charge on any atom is 0.241 e. The number of para-hydroxylation sites is 1. The highest BCUT2D eigenvalue weighted by Crippen LogP contribution is 2.23. The van der Waals surface area contributed by atoms with Gasteiger partial charge in [0, 0.05) is 17.1 Å². The molecule has 1 amide bonds. The molecule has 0 fully saturated rings. The molecule has 0 saturated carbocycles. The molecule has 2 aromatic rings. The first kappa shape index (κ1) is 14.8. The highest BCUT2D eigenvalue weighted by atomic mass is 79.9. The summed E-state index contributed by atoms with van der Waals surface area (Å²) < 4.78 is 1.15. The minimum atomic E-state index is -0.110. The molecular formula is C16H17BrN2OS. The van der Waals surface area contributed by atoms with E-state index in [9.17, 15) is 4.79 Å². The van der Waals surface area contributed by atoms with Crippen molar-refractivity contribution in [2.24, 2.45) is 0 Å². The summed E-state index contributed by atoms with van der Waals surface area (Å²) in [5.41, 5.74) is 2.17. The fourth-order valence-electron chi connectivity index (χ4n) is 2.56. The third kappa shape index (κ3) is 3.73. The third-order valence-electron chi connectivity index (χ3n) is 3.69. The lowest BCUT2D eigenvalue weighted by Crippen LogP contribution is -2.40. The lowest BCUT2D eigenvalue weighted by atomic mass is 10.1. The van der Waals surface area contributed by atoms with Crippen molar-refractivity contribution in [3.8, 4) is 0 Å². The van der Waals surface area contributed by atoms with Crippen molar-refractivity contribution in [2.75, 3.05) is 11.9 Å². The van der Waals surface area contributed by atoms with Gasteiger partial charge in [0.05, 0.1) is 9.83 Å². The quantitative estimate of drug-likeness (QED) is 0.869. The Kier molecular flexibility index (Phi) is 4.73. The number of carbonyl (C=O) groups excluding carboxylic acids is 1. The van der Waals surface area contributed by atoms with Gasteiger partial charge in [-0.05, 0) is 59.0 Å². The van der Waals surface area contributed by atoms with Crippen molar-refractivity contribution in [3.05, 3.63) is 50.6 Å². The number of benzene rings is 1. The highest BCUT2D eigenvalue weighted by molar-refractivity contribution is 9.11. The lowest BCUT2D eigenvalue weighted by molar-refractivity contribution is -0.118. The van der Waals surface area contributed by atoms with E-state index in [2.05, 4.69) is 44.8 Å². The van der Waals surface area contributed by atoms with E-state index >= 15 is 0 Å². The molecule has 21 heavy (non-hydrogen) atoms. The normalized spacial score (nSPS) is 18.0. The van der Waals surface area contributed by atoms with E-state index in [1.54, 1.807) is 11.3 Å². The van der Waals surface area contributed by atoms with Crippen molar-refractivity contribution in [1.82, 2.24) is 5.32 Å². The maximum atomic E-state index is 12.2. The van der Waals surface area contributed by atoms with Gasteiger partial charge in [0.1, 0.15) is 0 Å². The highest BCUT2D eigenvalue weighted by Gasteiger charge is 2.22. The number of halogens is 1. The number of anilines is 1. The van der Waals surface area contributed by atoms with Gasteiger partial charge in [0.25, 0.3) is 0 Å². The first-order valence-corrected chi connectivity index (χ1v) is 8.70. The number of amides is 1. The zero-order valence-electron chi connectivity index (χ0n) is 11.6. The second kappa shape index (κ2) is 6.73. The molecule has 5 heteroatoms. The second-order valence-electron chi connectivity index (χ2n) is 5.15. The fraction of sp³-hybridized carbons (Fsp3) is 0.312. The van der Waals surface area contributed by atoms with Gasteiger partial charge < -0.3 is 10.6 Å². The summed E-state index contributed by atoms with van der Waals surface area (Å²) in [6.07, 6.45) is 2.72. The SMILES string of the molecule is O=C1Nc2ccccc2CCC1NCCc1ccc(Br)s1. The Balaban J connectivity index is 1.56. The van der Waals surface area contributed by atoms with Crippen molar-refractivity contribution in [2.45, 2.75) is 25.3 Å². The van der Waals surface area contributed by atoms with Crippen LogP contribution in [0.15, 0.2) is 40.2 Å². The molecule has 2 N–H and O–H groups in total. The second-order valence-corrected chi connectivity index (χ2v) is 7.70. The van der Waals surface area contributed by atoms with E-state index in [4.69, 9.17) is 0 Å². The standard InChI is InChI=1S/C16H17BrN2OS/c17-15-8-6-12(21-15)9-10-18-14-7-5-11-3-1-2-4-13(11)19-16(14)20/h1-4,6,8,14,18H,5,7,9-10H2,(H,19,20). The number of hydrogen-bond acceptors (Lipinski definition) is 3. The van der Waals surface area contributed by atoms with Crippen LogP contribution < -0.4 is 10.6 Å². The van der Waals surface area contributed by atoms with Crippen LogP contribution >= 0.6 is 27.3 Å². The zero-order chi connectivity index (χ0) is 14.7. The van der Waals surface area contributed by atoms with E-state index in [-0.39, 0.29) is 11.9 Å². The summed E-state index contributed by atoms with van der Waals surface area (Å²) in [7, 11) is 0. The predicted octanol–water partition coefficient (Wildman–Crippen LogP) is 3.60. The summed E-state index contributed by atoms with van der Waals surface area (Å²) in [4.78, 5) is 13.6. The number of fused-ring (bicyclic) bond motifs is 1. The molecule has 0 saturated heterocycles. The van der Waals surface area contributed by atoms with Gasteiger partial charge in [-0.2, -0.15) is 0 Å². The number of nitrogens with one attached hydrogen (secondary N) is 2. The monoisotopic (exact) mass is 364 g/mol. The van der Waals surface area contributed by atoms with Crippen molar-refractivity contribution < 1.29 is 4.79 Å². The molecule has 1 aliphatic rings. The van der Waals surface area contributed by atoms with Gasteiger partial charge in [-0.3, -0.25) is 4.79 Å². The van der Waals surface area contributed by atoms with E-state index in [0.29, 0.717) is 0 Å². The van der Waals surface area contributed by atoms with Crippen LogP contribution in [-0.4, -0.2) is 18.5 Å². The molecule has 0 radical (unpaired) electrons. The van der Waals surface area contributed by atoms with Gasteiger partial charge in [-0.15, -0.1) is 11.3 Å². The van der Waals surface area contributed by atoms with Crippen LogP contribution in [0.2, 0.25) is 0 Å². The molecule has 0 spiro atoms. The first-order chi connectivity index (χ1) is 10.2. The van der Waals surface area contributed by atoms with Crippen LogP contribution in [0.1, 0.15) is 16.9 Å². The molecule has 1 atom stereocenters. The minimum Gasteiger partial charge on any atom is -0.324 e. The molecule has 1 aromatic carbocycles. The molecular weight excluding hydrogens is 348 g/mol. The van der Waals surface area contributed by atoms with Crippen LogP contribution in [0.3, 0.4) is 0 Å². The summed E-state index contributed by atoms with van der Waals surface area (Å²) in [5.74, 6) is 0.0762. The molecule has 1 aromatic heterocycles. The van der Waals surface area contributed by atoms with Gasteiger partial charge in [0.2, 0.25) is 5.91 Å². The molecule has 3 nitrogen and oxygen atoms in total. The largest absolute Gasteiger partial charge is 0.324 e. The van der Waals surface area contributed by atoms with E-state index < -0.39 is 0 Å². The third-order valence-corrected chi connectivity index (χ3v) is 5.37. The Morgan fingerprint density at radius 1 is 1.29 bits per heavy atom. The summed E-state index contributed by atoms with van der Waals surface area (Å²) >= 11 is 5.22. The average molecular weight is 365 g/mol. The van der Waals surface area contributed by atoms with Crippen LogP contribution in [0.5, 0.6) is 0 Å². The van der Waals surface area contributed by atoms with Crippen LogP contribution in [-0.2, 0) is 17.6 Å². The minimum absolute atomic E-state index is 0.0762. The summed E-state index contributed by atoms with van der Waals surface area (Å²) in [5, 5.41) is 6.40. The van der Waals surface area contributed by atoms with E-state index in [0.717, 1.165) is 35.3 Å². The van der Waals surface area contributed by atoms with Crippen LogP contribution in [0.25, 0.3) is 0 Å². The van der Waals surface area contributed by atoms with Gasteiger partial charge >= 0.3 is 0 Å². The van der Waals surface area contributed by atoms with E-state index in [1.807, 2.05) is 18.2 Å².